The molecule has 0 aliphatic heterocycles. The minimum atomic E-state index is -0.458. The summed E-state index contributed by atoms with van der Waals surface area (Å²) in [4.78, 5) is 17.0. The third-order valence-electron chi connectivity index (χ3n) is 2.35. The van der Waals surface area contributed by atoms with Crippen LogP contribution in [-0.4, -0.2) is 17.9 Å². The first-order chi connectivity index (χ1) is 8.61. The number of amides is 1. The number of hydrogen-bond donors (Lipinski definition) is 2. The van der Waals surface area contributed by atoms with E-state index in [9.17, 15) is 9.18 Å². The number of anilines is 2. The van der Waals surface area contributed by atoms with Gasteiger partial charge in [0, 0.05) is 18.1 Å². The van der Waals surface area contributed by atoms with E-state index in [-0.39, 0.29) is 17.2 Å². The highest BCUT2D eigenvalue weighted by atomic mass is 32.1. The van der Waals surface area contributed by atoms with Gasteiger partial charge in [-0.25, -0.2) is 9.37 Å². The number of thiazole rings is 1. The fourth-order valence-electron chi connectivity index (χ4n) is 1.54. The first kappa shape index (κ1) is 12.5. The second-order valence-electron chi connectivity index (χ2n) is 3.64. The molecule has 0 spiro atoms. The predicted molar refractivity (Wildman–Crippen MR) is 70.8 cm³/mol. The molecule has 0 fully saturated rings. The van der Waals surface area contributed by atoms with E-state index in [4.69, 9.17) is 0 Å². The Hall–Kier alpha value is -1.95. The molecular formula is C12H12FN3OS. The molecule has 1 aromatic heterocycles. The quantitative estimate of drug-likeness (QED) is 0.897. The number of benzene rings is 1. The van der Waals surface area contributed by atoms with Gasteiger partial charge in [0.2, 0.25) is 0 Å². The molecule has 1 heterocycles. The molecule has 0 radical (unpaired) electrons. The van der Waals surface area contributed by atoms with Gasteiger partial charge in [0.15, 0.2) is 5.13 Å². The van der Waals surface area contributed by atoms with Gasteiger partial charge in [-0.05, 0) is 19.1 Å². The van der Waals surface area contributed by atoms with Crippen molar-refractivity contribution in [3.63, 3.8) is 0 Å². The van der Waals surface area contributed by atoms with Gasteiger partial charge >= 0.3 is 0 Å². The molecule has 1 amide bonds. The predicted octanol–water partition coefficient (Wildman–Crippen LogP) is 2.88. The normalized spacial score (nSPS) is 10.2. The lowest BCUT2D eigenvalue weighted by atomic mass is 10.1. The largest absolute Gasteiger partial charge is 0.385 e. The summed E-state index contributed by atoms with van der Waals surface area (Å²) in [6, 6.07) is 4.36. The molecule has 0 bridgehead atoms. The Morgan fingerprint density at radius 2 is 2.22 bits per heavy atom. The van der Waals surface area contributed by atoms with Crippen molar-refractivity contribution in [3.8, 4) is 0 Å². The Labute approximate surface area is 108 Å². The molecule has 0 atom stereocenters. The maximum absolute atomic E-state index is 13.5. The van der Waals surface area contributed by atoms with Gasteiger partial charge in [0.1, 0.15) is 5.82 Å². The summed E-state index contributed by atoms with van der Waals surface area (Å²) in [5.74, 6) is -0.839. The van der Waals surface area contributed by atoms with Gasteiger partial charge in [-0.2, -0.15) is 0 Å². The van der Waals surface area contributed by atoms with E-state index in [0.29, 0.717) is 5.13 Å². The van der Waals surface area contributed by atoms with Crippen molar-refractivity contribution >= 4 is 28.1 Å². The number of para-hydroxylation sites is 1. The van der Waals surface area contributed by atoms with Crippen LogP contribution >= 0.6 is 11.3 Å². The molecular weight excluding hydrogens is 253 g/mol. The molecule has 0 aliphatic rings. The monoisotopic (exact) mass is 265 g/mol. The van der Waals surface area contributed by atoms with Crippen molar-refractivity contribution in [2.75, 3.05) is 17.7 Å². The van der Waals surface area contributed by atoms with Crippen LogP contribution < -0.4 is 10.6 Å². The summed E-state index contributed by atoms with van der Waals surface area (Å²) in [6.45, 7) is 1.90. The average molecular weight is 265 g/mol. The Morgan fingerprint density at radius 1 is 1.44 bits per heavy atom. The van der Waals surface area contributed by atoms with E-state index in [1.165, 1.54) is 23.5 Å². The summed E-state index contributed by atoms with van der Waals surface area (Å²) in [6.07, 6.45) is 1.67. The standard InChI is InChI=1S/C12H12FN3OS/c1-7-6-15-12(18-7)16-11(17)8-4-3-5-9(13)10(8)14-2/h3-6,14H,1-2H3,(H,15,16,17). The van der Waals surface area contributed by atoms with Crippen molar-refractivity contribution in [1.82, 2.24) is 4.98 Å². The molecule has 2 aromatic rings. The zero-order chi connectivity index (χ0) is 13.1. The van der Waals surface area contributed by atoms with E-state index < -0.39 is 5.82 Å². The van der Waals surface area contributed by atoms with Crippen LogP contribution in [0, 0.1) is 12.7 Å². The van der Waals surface area contributed by atoms with Crippen LogP contribution in [0.4, 0.5) is 15.2 Å². The number of aromatic nitrogens is 1. The highest BCUT2D eigenvalue weighted by Gasteiger charge is 2.15. The van der Waals surface area contributed by atoms with Crippen molar-refractivity contribution in [2.45, 2.75) is 6.92 Å². The highest BCUT2D eigenvalue weighted by molar-refractivity contribution is 7.15. The zero-order valence-corrected chi connectivity index (χ0v) is 10.8. The van der Waals surface area contributed by atoms with E-state index in [0.717, 1.165) is 4.88 Å². The molecule has 2 N–H and O–H groups in total. The molecule has 0 aliphatic carbocycles. The van der Waals surface area contributed by atoms with E-state index in [1.807, 2.05) is 6.92 Å². The van der Waals surface area contributed by atoms with Crippen molar-refractivity contribution in [2.24, 2.45) is 0 Å². The molecule has 0 saturated carbocycles. The smallest absolute Gasteiger partial charge is 0.259 e. The minimum Gasteiger partial charge on any atom is -0.385 e. The SMILES string of the molecule is CNc1c(F)cccc1C(=O)Nc1ncc(C)s1. The van der Waals surface area contributed by atoms with E-state index in [2.05, 4.69) is 15.6 Å². The number of rotatable bonds is 3. The van der Waals surface area contributed by atoms with Crippen LogP contribution in [0.2, 0.25) is 0 Å². The van der Waals surface area contributed by atoms with Crippen molar-refractivity contribution < 1.29 is 9.18 Å². The van der Waals surface area contributed by atoms with Crippen LogP contribution in [0.25, 0.3) is 0 Å². The van der Waals surface area contributed by atoms with Crippen LogP contribution in [0.3, 0.4) is 0 Å². The molecule has 18 heavy (non-hydrogen) atoms. The first-order valence-corrected chi connectivity index (χ1v) is 6.13. The maximum atomic E-state index is 13.5. The van der Waals surface area contributed by atoms with Gasteiger partial charge in [-0.3, -0.25) is 10.1 Å². The number of nitrogens with zero attached hydrogens (tertiary/aromatic N) is 1. The second-order valence-corrected chi connectivity index (χ2v) is 4.88. The molecule has 94 valence electrons. The van der Waals surface area contributed by atoms with E-state index in [1.54, 1.807) is 19.3 Å². The lowest BCUT2D eigenvalue weighted by Gasteiger charge is -2.09. The van der Waals surface area contributed by atoms with Crippen LogP contribution in [0.5, 0.6) is 0 Å². The van der Waals surface area contributed by atoms with E-state index >= 15 is 0 Å². The molecule has 2 rings (SSSR count). The number of halogens is 1. The fourth-order valence-corrected chi connectivity index (χ4v) is 2.20. The molecule has 4 nitrogen and oxygen atoms in total. The summed E-state index contributed by atoms with van der Waals surface area (Å²) in [5.41, 5.74) is 0.439. The zero-order valence-electron chi connectivity index (χ0n) is 9.95. The minimum absolute atomic E-state index is 0.184. The average Bonchev–Trinajstić information content (AvgIpc) is 2.74. The first-order valence-electron chi connectivity index (χ1n) is 5.32. The van der Waals surface area contributed by atoms with Gasteiger partial charge in [0.25, 0.3) is 5.91 Å². The maximum Gasteiger partial charge on any atom is 0.259 e. The lowest BCUT2D eigenvalue weighted by Crippen LogP contribution is -2.14. The number of hydrogen-bond acceptors (Lipinski definition) is 4. The van der Waals surface area contributed by atoms with Gasteiger partial charge in [-0.15, -0.1) is 11.3 Å². The van der Waals surface area contributed by atoms with Gasteiger partial charge in [0.05, 0.1) is 11.3 Å². The fraction of sp³-hybridized carbons (Fsp3) is 0.167. The summed E-state index contributed by atoms with van der Waals surface area (Å²) >= 11 is 1.37. The third-order valence-corrected chi connectivity index (χ3v) is 3.18. The van der Waals surface area contributed by atoms with Crippen LogP contribution in [-0.2, 0) is 0 Å². The van der Waals surface area contributed by atoms with Crippen molar-refractivity contribution in [1.29, 1.82) is 0 Å². The number of aryl methyl sites for hydroxylation is 1. The molecule has 0 saturated heterocycles. The number of carbonyl (C=O) groups excluding carboxylic acids is 1. The van der Waals surface area contributed by atoms with Gasteiger partial charge < -0.3 is 5.32 Å². The van der Waals surface area contributed by atoms with Crippen LogP contribution in [0.1, 0.15) is 15.2 Å². The Kier molecular flexibility index (Phi) is 3.57. The number of carbonyl (C=O) groups is 1. The van der Waals surface area contributed by atoms with Gasteiger partial charge in [-0.1, -0.05) is 6.07 Å². The highest BCUT2D eigenvalue weighted by Crippen LogP contribution is 2.22. The summed E-state index contributed by atoms with van der Waals surface area (Å²) in [5, 5.41) is 5.83. The number of nitrogens with one attached hydrogen (secondary N) is 2. The lowest BCUT2D eigenvalue weighted by molar-refractivity contribution is 0.102. The summed E-state index contributed by atoms with van der Waals surface area (Å²) < 4.78 is 13.5. The molecule has 1 aromatic carbocycles. The Morgan fingerprint density at radius 3 is 2.83 bits per heavy atom. The topological polar surface area (TPSA) is 54.0 Å². The summed E-state index contributed by atoms with van der Waals surface area (Å²) in [7, 11) is 1.57. The molecule has 0 unspecified atom stereocenters. The molecule has 6 heteroatoms. The van der Waals surface area contributed by atoms with Crippen LogP contribution in [0.15, 0.2) is 24.4 Å². The third kappa shape index (κ3) is 2.48. The Balaban J connectivity index is 2.26. The second kappa shape index (κ2) is 5.14. The van der Waals surface area contributed by atoms with Crippen molar-refractivity contribution in [3.05, 3.63) is 40.7 Å². The Bertz CT molecular complexity index is 582.